The number of ether oxygens (including phenoxy) is 1. The third kappa shape index (κ3) is 5.48. The number of hydrogen-bond acceptors (Lipinski definition) is 4. The quantitative estimate of drug-likeness (QED) is 0.811. The molecule has 0 amide bonds. The van der Waals surface area contributed by atoms with E-state index in [1.165, 1.54) is 0 Å². The zero-order valence-corrected chi connectivity index (χ0v) is 15.0. The molecule has 0 radical (unpaired) electrons. The van der Waals surface area contributed by atoms with Crippen LogP contribution in [0.1, 0.15) is 45.8 Å². The fourth-order valence-electron chi connectivity index (χ4n) is 3.24. The summed E-state index contributed by atoms with van der Waals surface area (Å²) in [7, 11) is 0. The molecule has 2 rings (SSSR count). The minimum atomic E-state index is -0.473. The average Bonchev–Trinajstić information content (AvgIpc) is 2.53. The van der Waals surface area contributed by atoms with Gasteiger partial charge >= 0.3 is 0 Å². The number of likely N-dealkylation sites (tertiary alicyclic amines) is 1. The lowest BCUT2D eigenvalue weighted by Gasteiger charge is -2.37. The van der Waals surface area contributed by atoms with Crippen molar-refractivity contribution < 1.29 is 9.84 Å². The normalized spacial score (nSPS) is 23.9. The van der Waals surface area contributed by atoms with Crippen molar-refractivity contribution in [1.82, 2.24) is 10.2 Å². The Kier molecular flexibility index (Phi) is 6.88. The minimum Gasteiger partial charge on any atom is -0.491 e. The number of nitrogens with one attached hydrogen (secondary N) is 1. The van der Waals surface area contributed by atoms with Crippen LogP contribution in [-0.2, 0) is 0 Å². The minimum absolute atomic E-state index is 0.169. The molecule has 0 aliphatic carbocycles. The molecule has 1 aromatic rings. The summed E-state index contributed by atoms with van der Waals surface area (Å²) in [5, 5.41) is 13.9. The van der Waals surface area contributed by atoms with Gasteiger partial charge in [0, 0.05) is 19.1 Å². The molecule has 1 aromatic carbocycles. The maximum absolute atomic E-state index is 10.4. The first-order valence-corrected chi connectivity index (χ1v) is 8.90. The van der Waals surface area contributed by atoms with Crippen LogP contribution in [-0.4, -0.2) is 48.3 Å². The van der Waals surface area contributed by atoms with Gasteiger partial charge in [0.25, 0.3) is 0 Å². The van der Waals surface area contributed by atoms with E-state index in [1.54, 1.807) is 0 Å². The Hall–Kier alpha value is -1.10. The Balaban J connectivity index is 1.81. The van der Waals surface area contributed by atoms with E-state index >= 15 is 0 Å². The van der Waals surface area contributed by atoms with Crippen LogP contribution >= 0.6 is 0 Å². The summed E-state index contributed by atoms with van der Waals surface area (Å²) in [5.74, 6) is 1.47. The molecule has 3 atom stereocenters. The van der Waals surface area contributed by atoms with E-state index in [0.29, 0.717) is 18.5 Å². The molecule has 0 aromatic heterocycles. The van der Waals surface area contributed by atoms with Crippen molar-refractivity contribution in [3.05, 3.63) is 29.8 Å². The van der Waals surface area contributed by atoms with Crippen molar-refractivity contribution in [3.8, 4) is 5.75 Å². The fourth-order valence-corrected chi connectivity index (χ4v) is 3.24. The summed E-state index contributed by atoms with van der Waals surface area (Å²) in [5.41, 5.74) is 0.937. The van der Waals surface area contributed by atoms with E-state index in [0.717, 1.165) is 37.4 Å². The van der Waals surface area contributed by atoms with Gasteiger partial charge in [0.15, 0.2) is 0 Å². The van der Waals surface area contributed by atoms with Crippen molar-refractivity contribution in [2.75, 3.05) is 26.2 Å². The van der Waals surface area contributed by atoms with Gasteiger partial charge in [0.2, 0.25) is 0 Å². The molecule has 4 nitrogen and oxygen atoms in total. The molecule has 1 aliphatic rings. The molecule has 3 unspecified atom stereocenters. The number of piperidine rings is 1. The highest BCUT2D eigenvalue weighted by molar-refractivity contribution is 5.28. The van der Waals surface area contributed by atoms with Crippen LogP contribution in [0.25, 0.3) is 0 Å². The van der Waals surface area contributed by atoms with Crippen LogP contribution in [0.4, 0.5) is 0 Å². The Morgan fingerprint density at radius 2 is 2.00 bits per heavy atom. The second-order valence-corrected chi connectivity index (χ2v) is 6.93. The highest BCUT2D eigenvalue weighted by Crippen LogP contribution is 2.20. The van der Waals surface area contributed by atoms with E-state index < -0.39 is 6.10 Å². The highest BCUT2D eigenvalue weighted by Gasteiger charge is 2.25. The SMILES string of the molecule is CCN1CCC(NCC(O)c2ccc(OC(C)C)cc2)C(C)C1. The summed E-state index contributed by atoms with van der Waals surface area (Å²) in [4.78, 5) is 2.49. The maximum Gasteiger partial charge on any atom is 0.119 e. The number of benzene rings is 1. The first kappa shape index (κ1) is 18.2. The van der Waals surface area contributed by atoms with Gasteiger partial charge in [0.05, 0.1) is 12.2 Å². The molecule has 1 heterocycles. The van der Waals surface area contributed by atoms with Gasteiger partial charge in [0.1, 0.15) is 5.75 Å². The summed E-state index contributed by atoms with van der Waals surface area (Å²) in [6.45, 7) is 12.6. The molecule has 130 valence electrons. The fraction of sp³-hybridized carbons (Fsp3) is 0.684. The van der Waals surface area contributed by atoms with Gasteiger partial charge in [-0.25, -0.2) is 0 Å². The van der Waals surface area contributed by atoms with Gasteiger partial charge in [-0.3, -0.25) is 0 Å². The Morgan fingerprint density at radius 3 is 2.57 bits per heavy atom. The van der Waals surface area contributed by atoms with E-state index in [2.05, 4.69) is 24.1 Å². The molecule has 0 bridgehead atoms. The van der Waals surface area contributed by atoms with Gasteiger partial charge < -0.3 is 20.1 Å². The molecule has 23 heavy (non-hydrogen) atoms. The van der Waals surface area contributed by atoms with E-state index in [4.69, 9.17) is 4.74 Å². The second kappa shape index (κ2) is 8.67. The van der Waals surface area contributed by atoms with Crippen molar-refractivity contribution in [2.45, 2.75) is 52.4 Å². The second-order valence-electron chi connectivity index (χ2n) is 6.93. The number of hydrogen-bond donors (Lipinski definition) is 2. The zero-order chi connectivity index (χ0) is 16.8. The van der Waals surface area contributed by atoms with Crippen LogP contribution in [0.15, 0.2) is 24.3 Å². The van der Waals surface area contributed by atoms with Crippen molar-refractivity contribution in [1.29, 1.82) is 0 Å². The van der Waals surface area contributed by atoms with Crippen LogP contribution in [0, 0.1) is 5.92 Å². The summed E-state index contributed by atoms with van der Waals surface area (Å²) in [6.07, 6.45) is 0.852. The average molecular weight is 320 g/mol. The molecule has 2 N–H and O–H groups in total. The van der Waals surface area contributed by atoms with E-state index in [1.807, 2.05) is 38.1 Å². The number of rotatable bonds is 7. The van der Waals surface area contributed by atoms with Gasteiger partial charge in [-0.05, 0) is 57.0 Å². The lowest BCUT2D eigenvalue weighted by molar-refractivity contribution is 0.127. The van der Waals surface area contributed by atoms with E-state index in [-0.39, 0.29) is 6.10 Å². The predicted molar refractivity (Wildman–Crippen MR) is 94.9 cm³/mol. The number of aliphatic hydroxyl groups is 1. The highest BCUT2D eigenvalue weighted by atomic mass is 16.5. The van der Waals surface area contributed by atoms with Crippen LogP contribution in [0.5, 0.6) is 5.75 Å². The van der Waals surface area contributed by atoms with E-state index in [9.17, 15) is 5.11 Å². The van der Waals surface area contributed by atoms with Crippen LogP contribution in [0.2, 0.25) is 0 Å². The summed E-state index contributed by atoms with van der Waals surface area (Å²) in [6, 6.07) is 8.26. The van der Waals surface area contributed by atoms with Crippen LogP contribution in [0.3, 0.4) is 0 Å². The third-order valence-electron chi connectivity index (χ3n) is 4.65. The lowest BCUT2D eigenvalue weighted by atomic mass is 9.93. The van der Waals surface area contributed by atoms with Crippen molar-refractivity contribution in [2.24, 2.45) is 5.92 Å². The Bertz CT molecular complexity index is 461. The molecule has 1 fully saturated rings. The predicted octanol–water partition coefficient (Wildman–Crippen LogP) is 2.83. The zero-order valence-electron chi connectivity index (χ0n) is 15.0. The Morgan fingerprint density at radius 1 is 1.30 bits per heavy atom. The van der Waals surface area contributed by atoms with Crippen molar-refractivity contribution in [3.63, 3.8) is 0 Å². The molecular weight excluding hydrogens is 288 g/mol. The molecular formula is C19H32N2O2. The van der Waals surface area contributed by atoms with Crippen molar-refractivity contribution >= 4 is 0 Å². The number of aliphatic hydroxyl groups excluding tert-OH is 1. The van der Waals surface area contributed by atoms with Gasteiger partial charge in [-0.1, -0.05) is 26.0 Å². The molecule has 0 saturated carbocycles. The maximum atomic E-state index is 10.4. The molecule has 1 saturated heterocycles. The monoisotopic (exact) mass is 320 g/mol. The largest absolute Gasteiger partial charge is 0.491 e. The summed E-state index contributed by atoms with van der Waals surface area (Å²) >= 11 is 0. The first-order valence-electron chi connectivity index (χ1n) is 8.90. The lowest BCUT2D eigenvalue weighted by Crippen LogP contribution is -2.49. The molecule has 1 aliphatic heterocycles. The van der Waals surface area contributed by atoms with Crippen LogP contribution < -0.4 is 10.1 Å². The molecule has 0 spiro atoms. The standard InChI is InChI=1S/C19H32N2O2/c1-5-21-11-10-18(15(4)13-21)20-12-19(22)16-6-8-17(9-7-16)23-14(2)3/h6-9,14-15,18-20,22H,5,10-13H2,1-4H3. The Labute approximate surface area is 140 Å². The topological polar surface area (TPSA) is 44.7 Å². The number of nitrogens with zero attached hydrogens (tertiary/aromatic N) is 1. The smallest absolute Gasteiger partial charge is 0.119 e. The molecule has 4 heteroatoms. The third-order valence-corrected chi connectivity index (χ3v) is 4.65. The summed E-state index contributed by atoms with van der Waals surface area (Å²) < 4.78 is 5.64. The van der Waals surface area contributed by atoms with Gasteiger partial charge in [-0.2, -0.15) is 0 Å². The first-order chi connectivity index (χ1) is 11.0. The van der Waals surface area contributed by atoms with Gasteiger partial charge in [-0.15, -0.1) is 0 Å².